The molecule has 1 fully saturated rings. The maximum absolute atomic E-state index is 12.7. The van der Waals surface area contributed by atoms with Crippen LogP contribution in [0.2, 0.25) is 0 Å². The molecule has 24 heavy (non-hydrogen) atoms. The van der Waals surface area contributed by atoms with Gasteiger partial charge in [0.15, 0.2) is 0 Å². The molecule has 0 saturated carbocycles. The van der Waals surface area contributed by atoms with Gasteiger partial charge in [0.05, 0.1) is 5.92 Å². The molecule has 4 heteroatoms. The van der Waals surface area contributed by atoms with Crippen molar-refractivity contribution in [2.75, 3.05) is 13.1 Å². The molecular formula is C20H22N2O2. The molecule has 1 heterocycles. The van der Waals surface area contributed by atoms with E-state index >= 15 is 0 Å². The van der Waals surface area contributed by atoms with E-state index in [1.54, 1.807) is 4.90 Å². The van der Waals surface area contributed by atoms with Gasteiger partial charge in [0.25, 0.3) is 0 Å². The zero-order chi connectivity index (χ0) is 16.9. The molecule has 1 atom stereocenters. The minimum atomic E-state index is -0.312. The summed E-state index contributed by atoms with van der Waals surface area (Å²) in [5.41, 5.74) is 7.62. The summed E-state index contributed by atoms with van der Waals surface area (Å²) in [5, 5.41) is 0. The molecular weight excluding hydrogens is 300 g/mol. The number of benzene rings is 2. The van der Waals surface area contributed by atoms with Crippen molar-refractivity contribution in [1.82, 2.24) is 4.90 Å². The third-order valence-corrected chi connectivity index (χ3v) is 4.73. The van der Waals surface area contributed by atoms with Crippen LogP contribution < -0.4 is 5.73 Å². The van der Waals surface area contributed by atoms with E-state index < -0.39 is 0 Å². The lowest BCUT2D eigenvalue weighted by Crippen LogP contribution is -2.32. The monoisotopic (exact) mass is 322 g/mol. The third kappa shape index (κ3) is 3.65. The van der Waals surface area contributed by atoms with Crippen molar-refractivity contribution in [3.05, 3.63) is 71.8 Å². The second-order valence-electron chi connectivity index (χ2n) is 6.31. The first kappa shape index (κ1) is 16.2. The molecule has 1 saturated heterocycles. The fourth-order valence-electron chi connectivity index (χ4n) is 3.32. The number of carbonyl (C=O) groups excluding carboxylic acids is 2. The van der Waals surface area contributed by atoms with Crippen molar-refractivity contribution >= 4 is 11.8 Å². The predicted octanol–water partition coefficient (Wildman–Crippen LogP) is 2.54. The summed E-state index contributed by atoms with van der Waals surface area (Å²) < 4.78 is 0. The second kappa shape index (κ2) is 7.30. The number of likely N-dealkylation sites (tertiary alicyclic amines) is 1. The quantitative estimate of drug-likeness (QED) is 0.919. The number of nitrogens with two attached hydrogens (primary N) is 1. The lowest BCUT2D eigenvalue weighted by atomic mass is 9.88. The van der Waals surface area contributed by atoms with Crippen LogP contribution in [0.3, 0.4) is 0 Å². The van der Waals surface area contributed by atoms with E-state index in [1.807, 2.05) is 36.4 Å². The number of rotatable bonds is 5. The van der Waals surface area contributed by atoms with E-state index in [1.165, 1.54) is 0 Å². The van der Waals surface area contributed by atoms with Crippen LogP contribution in [0.5, 0.6) is 0 Å². The van der Waals surface area contributed by atoms with Crippen molar-refractivity contribution < 1.29 is 9.59 Å². The van der Waals surface area contributed by atoms with Crippen molar-refractivity contribution in [3.63, 3.8) is 0 Å². The fourth-order valence-corrected chi connectivity index (χ4v) is 3.32. The molecule has 124 valence electrons. The Morgan fingerprint density at radius 1 is 1.00 bits per heavy atom. The number of hydrogen-bond acceptors (Lipinski definition) is 2. The number of carbonyl (C=O) groups is 2. The molecule has 0 spiro atoms. The molecule has 1 aliphatic rings. The molecule has 3 rings (SSSR count). The van der Waals surface area contributed by atoms with Gasteiger partial charge < -0.3 is 10.6 Å². The van der Waals surface area contributed by atoms with Crippen LogP contribution in [-0.2, 0) is 9.59 Å². The molecule has 0 radical (unpaired) electrons. The zero-order valence-electron chi connectivity index (χ0n) is 13.6. The Balaban J connectivity index is 1.78. The first-order chi connectivity index (χ1) is 11.6. The highest BCUT2D eigenvalue weighted by Crippen LogP contribution is 2.29. The highest BCUT2D eigenvalue weighted by atomic mass is 16.2. The van der Waals surface area contributed by atoms with Gasteiger partial charge >= 0.3 is 0 Å². The Bertz CT molecular complexity index is 661. The van der Waals surface area contributed by atoms with Gasteiger partial charge in [-0.3, -0.25) is 9.59 Å². The molecule has 0 unspecified atom stereocenters. The molecule has 1 aliphatic heterocycles. The number of primary amides is 1. The van der Waals surface area contributed by atoms with E-state index in [0.29, 0.717) is 25.9 Å². The van der Waals surface area contributed by atoms with Crippen molar-refractivity contribution in [1.29, 1.82) is 0 Å². The van der Waals surface area contributed by atoms with E-state index in [2.05, 4.69) is 24.3 Å². The molecule has 0 bridgehead atoms. The Morgan fingerprint density at radius 2 is 1.54 bits per heavy atom. The minimum absolute atomic E-state index is 0.0209. The van der Waals surface area contributed by atoms with Crippen molar-refractivity contribution in [3.8, 4) is 0 Å². The SMILES string of the molecule is NC(=O)[C@@H]1CCN(C(=O)CC(c2ccccc2)c2ccccc2)C1. The average Bonchev–Trinajstić information content (AvgIpc) is 3.11. The maximum Gasteiger partial charge on any atom is 0.223 e. The first-order valence-electron chi connectivity index (χ1n) is 8.32. The Morgan fingerprint density at radius 3 is 2.00 bits per heavy atom. The Hall–Kier alpha value is -2.62. The van der Waals surface area contributed by atoms with Gasteiger partial charge in [-0.05, 0) is 17.5 Å². The number of nitrogens with zero attached hydrogens (tertiary/aromatic N) is 1. The van der Waals surface area contributed by atoms with E-state index in [0.717, 1.165) is 11.1 Å². The maximum atomic E-state index is 12.7. The standard InChI is InChI=1S/C20H22N2O2/c21-20(24)17-11-12-22(14-17)19(23)13-18(15-7-3-1-4-8-15)16-9-5-2-6-10-16/h1-10,17-18H,11-14H2,(H2,21,24)/t17-/m1/s1. The van der Waals surface area contributed by atoms with Crippen LogP contribution in [0, 0.1) is 5.92 Å². The van der Waals surface area contributed by atoms with E-state index in [4.69, 9.17) is 5.73 Å². The van der Waals surface area contributed by atoms with E-state index in [9.17, 15) is 9.59 Å². The summed E-state index contributed by atoms with van der Waals surface area (Å²) in [4.78, 5) is 25.8. The second-order valence-corrected chi connectivity index (χ2v) is 6.31. The fraction of sp³-hybridized carbons (Fsp3) is 0.300. The van der Waals surface area contributed by atoms with Gasteiger partial charge in [0.2, 0.25) is 11.8 Å². The van der Waals surface area contributed by atoms with Crippen LogP contribution in [0.15, 0.2) is 60.7 Å². The molecule has 2 N–H and O–H groups in total. The lowest BCUT2D eigenvalue weighted by molar-refractivity contribution is -0.130. The minimum Gasteiger partial charge on any atom is -0.369 e. The summed E-state index contributed by atoms with van der Waals surface area (Å²) in [6, 6.07) is 20.2. The number of hydrogen-bond donors (Lipinski definition) is 1. The van der Waals surface area contributed by atoms with Gasteiger partial charge in [-0.15, -0.1) is 0 Å². The molecule has 4 nitrogen and oxygen atoms in total. The smallest absolute Gasteiger partial charge is 0.223 e. The van der Waals surface area contributed by atoms with Crippen LogP contribution in [0.4, 0.5) is 0 Å². The van der Waals surface area contributed by atoms with Crippen molar-refractivity contribution in [2.24, 2.45) is 11.7 Å². The highest BCUT2D eigenvalue weighted by molar-refractivity contribution is 5.81. The largest absolute Gasteiger partial charge is 0.369 e. The van der Waals surface area contributed by atoms with E-state index in [-0.39, 0.29) is 23.7 Å². The van der Waals surface area contributed by atoms with Gasteiger partial charge in [-0.2, -0.15) is 0 Å². The predicted molar refractivity (Wildman–Crippen MR) is 93.2 cm³/mol. The van der Waals surface area contributed by atoms with Crippen LogP contribution in [0.1, 0.15) is 29.9 Å². The van der Waals surface area contributed by atoms with Crippen LogP contribution in [-0.4, -0.2) is 29.8 Å². The van der Waals surface area contributed by atoms with Gasteiger partial charge in [0.1, 0.15) is 0 Å². The zero-order valence-corrected chi connectivity index (χ0v) is 13.6. The topological polar surface area (TPSA) is 63.4 Å². The highest BCUT2D eigenvalue weighted by Gasteiger charge is 2.31. The summed E-state index contributed by atoms with van der Waals surface area (Å²) >= 11 is 0. The summed E-state index contributed by atoms with van der Waals surface area (Å²) in [6.45, 7) is 1.06. The van der Waals surface area contributed by atoms with Crippen LogP contribution in [0.25, 0.3) is 0 Å². The van der Waals surface area contributed by atoms with Gasteiger partial charge in [0, 0.05) is 25.4 Å². The summed E-state index contributed by atoms with van der Waals surface area (Å²) in [5.74, 6) is -0.419. The average molecular weight is 322 g/mol. The molecule has 0 aromatic heterocycles. The Labute approximate surface area is 142 Å². The molecule has 2 aromatic carbocycles. The third-order valence-electron chi connectivity index (χ3n) is 4.73. The molecule has 2 aromatic rings. The lowest BCUT2D eigenvalue weighted by Gasteiger charge is -2.22. The molecule has 2 amide bonds. The first-order valence-corrected chi connectivity index (χ1v) is 8.32. The molecule has 0 aliphatic carbocycles. The van der Waals surface area contributed by atoms with Gasteiger partial charge in [-0.25, -0.2) is 0 Å². The normalized spacial score (nSPS) is 17.2. The van der Waals surface area contributed by atoms with Crippen molar-refractivity contribution in [2.45, 2.75) is 18.8 Å². The van der Waals surface area contributed by atoms with Gasteiger partial charge in [-0.1, -0.05) is 60.7 Å². The summed E-state index contributed by atoms with van der Waals surface area (Å²) in [7, 11) is 0. The summed E-state index contributed by atoms with van der Waals surface area (Å²) in [6.07, 6.45) is 1.07. The Kier molecular flexibility index (Phi) is 4.94. The number of amides is 2. The van der Waals surface area contributed by atoms with Crippen LogP contribution >= 0.6 is 0 Å².